The highest BCUT2D eigenvalue weighted by Gasteiger charge is 2.21. The fraction of sp³-hybridized carbons (Fsp3) is 0.750. The summed E-state index contributed by atoms with van der Waals surface area (Å²) >= 11 is 16.3. The van der Waals surface area contributed by atoms with Gasteiger partial charge in [0, 0.05) is 6.42 Å². The molecule has 0 heterocycles. The van der Waals surface area contributed by atoms with Crippen molar-refractivity contribution in [1.82, 2.24) is 0 Å². The molecule has 1 rings (SSSR count). The minimum atomic E-state index is -1.41. The van der Waals surface area contributed by atoms with Crippen molar-refractivity contribution in [3.05, 3.63) is 12.2 Å². The van der Waals surface area contributed by atoms with Crippen molar-refractivity contribution in [2.75, 3.05) is 13.4 Å². The van der Waals surface area contributed by atoms with Crippen LogP contribution >= 0.6 is 34.8 Å². The van der Waals surface area contributed by atoms with E-state index in [1.54, 1.807) is 12.2 Å². The van der Waals surface area contributed by atoms with Gasteiger partial charge in [0.1, 0.15) is 6.79 Å². The first-order chi connectivity index (χ1) is 6.47. The van der Waals surface area contributed by atoms with Crippen LogP contribution in [0, 0.1) is 0 Å². The van der Waals surface area contributed by atoms with Crippen molar-refractivity contribution < 1.29 is 14.6 Å². The van der Waals surface area contributed by atoms with Gasteiger partial charge in [-0.15, -0.1) is 0 Å². The Labute approximate surface area is 97.5 Å². The van der Waals surface area contributed by atoms with E-state index in [-0.39, 0.29) is 19.5 Å². The number of halogens is 3. The highest BCUT2D eigenvalue weighted by molar-refractivity contribution is 6.67. The molecule has 6 heteroatoms. The van der Waals surface area contributed by atoms with Gasteiger partial charge >= 0.3 is 0 Å². The smallest absolute Gasteiger partial charge is 0.213 e. The maximum absolute atomic E-state index is 9.11. The van der Waals surface area contributed by atoms with Gasteiger partial charge in [-0.25, -0.2) is 0 Å². The second kappa shape index (κ2) is 5.54. The van der Waals surface area contributed by atoms with Crippen molar-refractivity contribution in [1.29, 1.82) is 0 Å². The summed E-state index contributed by atoms with van der Waals surface area (Å²) in [5, 5.41) is 9.11. The Bertz CT molecular complexity index is 202. The van der Waals surface area contributed by atoms with Gasteiger partial charge < -0.3 is 14.6 Å². The number of aliphatic hydroxyl groups is 1. The Morgan fingerprint density at radius 3 is 2.57 bits per heavy atom. The molecule has 3 nitrogen and oxygen atoms in total. The molecule has 0 unspecified atom stereocenters. The molecule has 1 aliphatic rings. The summed E-state index contributed by atoms with van der Waals surface area (Å²) in [6, 6.07) is 0. The first kappa shape index (κ1) is 12.6. The Morgan fingerprint density at radius 1 is 1.36 bits per heavy atom. The summed E-state index contributed by atoms with van der Waals surface area (Å²) in [5.74, 6) is 0. The summed E-state index contributed by atoms with van der Waals surface area (Å²) in [4.78, 5) is 0. The SMILES string of the molecule is O[C@@H]1C=C[C@H](OCOCC(Cl)(Cl)Cl)C1. The fourth-order valence-corrected chi connectivity index (χ4v) is 1.30. The lowest BCUT2D eigenvalue weighted by Gasteiger charge is -2.14. The quantitative estimate of drug-likeness (QED) is 0.364. The second-order valence-electron chi connectivity index (χ2n) is 2.97. The van der Waals surface area contributed by atoms with Crippen molar-refractivity contribution in [2.45, 2.75) is 22.4 Å². The van der Waals surface area contributed by atoms with E-state index in [1.807, 2.05) is 0 Å². The van der Waals surface area contributed by atoms with Gasteiger partial charge in [0.2, 0.25) is 3.79 Å². The molecular weight excluding hydrogens is 250 g/mol. The average molecular weight is 262 g/mol. The fourth-order valence-electron chi connectivity index (χ4n) is 1.06. The van der Waals surface area contributed by atoms with Crippen LogP contribution in [0.4, 0.5) is 0 Å². The van der Waals surface area contributed by atoms with Crippen LogP contribution in [0.25, 0.3) is 0 Å². The predicted molar refractivity (Wildman–Crippen MR) is 55.7 cm³/mol. The van der Waals surface area contributed by atoms with Crippen LogP contribution in [-0.2, 0) is 9.47 Å². The third kappa shape index (κ3) is 5.39. The molecule has 2 atom stereocenters. The molecular formula is C8H11Cl3O3. The number of alkyl halides is 3. The Hall–Kier alpha value is 0.490. The van der Waals surface area contributed by atoms with Crippen molar-refractivity contribution in [2.24, 2.45) is 0 Å². The molecule has 0 aromatic carbocycles. The van der Waals surface area contributed by atoms with Crippen LogP contribution in [0.5, 0.6) is 0 Å². The lowest BCUT2D eigenvalue weighted by Crippen LogP contribution is -2.18. The maximum Gasteiger partial charge on any atom is 0.213 e. The van der Waals surface area contributed by atoms with Gasteiger partial charge in [0.25, 0.3) is 0 Å². The predicted octanol–water partition coefficient (Wildman–Crippen LogP) is 2.04. The first-order valence-electron chi connectivity index (χ1n) is 4.10. The molecule has 0 saturated carbocycles. The van der Waals surface area contributed by atoms with Gasteiger partial charge in [-0.2, -0.15) is 0 Å². The van der Waals surface area contributed by atoms with Crippen LogP contribution in [0.1, 0.15) is 6.42 Å². The maximum atomic E-state index is 9.11. The lowest BCUT2D eigenvalue weighted by molar-refractivity contribution is -0.0777. The van der Waals surface area contributed by atoms with E-state index in [2.05, 4.69) is 0 Å². The molecule has 14 heavy (non-hydrogen) atoms. The van der Waals surface area contributed by atoms with Gasteiger partial charge in [-0.3, -0.25) is 0 Å². The van der Waals surface area contributed by atoms with E-state index in [0.717, 1.165) is 0 Å². The molecule has 0 amide bonds. The first-order valence-corrected chi connectivity index (χ1v) is 5.23. The minimum absolute atomic E-state index is 0.0172. The summed E-state index contributed by atoms with van der Waals surface area (Å²) < 4.78 is 8.78. The standard InChI is InChI=1S/C8H11Cl3O3/c9-8(10,11)4-13-5-14-7-2-1-6(12)3-7/h1-2,6-7,12H,3-5H2/t6-,7+/m1/s1. The van der Waals surface area contributed by atoms with E-state index in [0.29, 0.717) is 6.42 Å². The molecule has 82 valence electrons. The number of ether oxygens (including phenoxy) is 2. The summed E-state index contributed by atoms with van der Waals surface area (Å²) in [6.07, 6.45) is 3.48. The molecule has 0 bridgehead atoms. The van der Waals surface area contributed by atoms with Crippen molar-refractivity contribution >= 4 is 34.8 Å². The molecule has 0 radical (unpaired) electrons. The van der Waals surface area contributed by atoms with Gasteiger partial charge in [0.05, 0.1) is 18.8 Å². The molecule has 0 aliphatic heterocycles. The van der Waals surface area contributed by atoms with Crippen LogP contribution in [0.2, 0.25) is 0 Å². The van der Waals surface area contributed by atoms with E-state index in [1.165, 1.54) is 0 Å². The van der Waals surface area contributed by atoms with Gasteiger partial charge in [-0.1, -0.05) is 47.0 Å². The normalized spacial score (nSPS) is 27.1. The minimum Gasteiger partial charge on any atom is -0.389 e. The zero-order valence-corrected chi connectivity index (χ0v) is 9.60. The van der Waals surface area contributed by atoms with Crippen LogP contribution < -0.4 is 0 Å². The van der Waals surface area contributed by atoms with E-state index in [4.69, 9.17) is 49.4 Å². The zero-order valence-electron chi connectivity index (χ0n) is 7.33. The highest BCUT2D eigenvalue weighted by Crippen LogP contribution is 2.26. The Morgan fingerprint density at radius 2 is 2.07 bits per heavy atom. The van der Waals surface area contributed by atoms with E-state index in [9.17, 15) is 0 Å². The highest BCUT2D eigenvalue weighted by atomic mass is 35.6. The Balaban J connectivity index is 2.03. The Kier molecular flexibility index (Phi) is 4.97. The van der Waals surface area contributed by atoms with Crippen LogP contribution in [-0.4, -0.2) is 34.5 Å². The molecule has 0 fully saturated rings. The number of hydrogen-bond acceptors (Lipinski definition) is 3. The van der Waals surface area contributed by atoms with E-state index >= 15 is 0 Å². The molecule has 0 aromatic heterocycles. The van der Waals surface area contributed by atoms with E-state index < -0.39 is 9.90 Å². The molecule has 0 aromatic rings. The third-order valence-electron chi connectivity index (χ3n) is 1.65. The van der Waals surface area contributed by atoms with Gasteiger partial charge in [0.15, 0.2) is 0 Å². The summed E-state index contributed by atoms with van der Waals surface area (Å²) in [5.41, 5.74) is 0. The monoisotopic (exact) mass is 260 g/mol. The lowest BCUT2D eigenvalue weighted by atomic mass is 10.3. The summed E-state index contributed by atoms with van der Waals surface area (Å²) in [7, 11) is 0. The topological polar surface area (TPSA) is 38.7 Å². The largest absolute Gasteiger partial charge is 0.389 e. The second-order valence-corrected chi connectivity index (χ2v) is 5.49. The summed E-state index contributed by atoms with van der Waals surface area (Å²) in [6.45, 7) is 0.0340. The van der Waals surface area contributed by atoms with Crippen molar-refractivity contribution in [3.8, 4) is 0 Å². The third-order valence-corrected chi connectivity index (χ3v) is 1.98. The van der Waals surface area contributed by atoms with Crippen LogP contribution in [0.15, 0.2) is 12.2 Å². The molecule has 0 spiro atoms. The van der Waals surface area contributed by atoms with Crippen molar-refractivity contribution in [3.63, 3.8) is 0 Å². The molecule has 1 aliphatic carbocycles. The average Bonchev–Trinajstić information content (AvgIpc) is 2.44. The molecule has 0 saturated heterocycles. The number of rotatable bonds is 4. The molecule has 1 N–H and O–H groups in total. The van der Waals surface area contributed by atoms with Gasteiger partial charge in [-0.05, 0) is 0 Å². The number of hydrogen-bond donors (Lipinski definition) is 1. The number of aliphatic hydroxyl groups excluding tert-OH is 1. The van der Waals surface area contributed by atoms with Crippen LogP contribution in [0.3, 0.4) is 0 Å². The zero-order chi connectivity index (χ0) is 10.6.